The van der Waals surface area contributed by atoms with Crippen LogP contribution >= 0.6 is 0 Å². The van der Waals surface area contributed by atoms with Gasteiger partial charge in [0.15, 0.2) is 0 Å². The Morgan fingerprint density at radius 1 is 1.33 bits per heavy atom. The van der Waals surface area contributed by atoms with E-state index in [1.807, 2.05) is 6.92 Å². The summed E-state index contributed by atoms with van der Waals surface area (Å²) in [6, 6.07) is 5.59. The number of carbonyl (C=O) groups excluding carboxylic acids is 1. The molecule has 1 amide bonds. The average Bonchev–Trinajstić information content (AvgIpc) is 2.90. The molecule has 2 N–H and O–H groups in total. The van der Waals surface area contributed by atoms with Crippen molar-refractivity contribution in [2.45, 2.75) is 38.1 Å². The molecule has 8 heteroatoms. The lowest BCUT2D eigenvalue weighted by Crippen LogP contribution is -2.60. The summed E-state index contributed by atoms with van der Waals surface area (Å²) in [5.41, 5.74) is -0.827. The van der Waals surface area contributed by atoms with Crippen LogP contribution in [0.25, 0.3) is 0 Å². The molecule has 0 unspecified atom stereocenters. The third kappa shape index (κ3) is 3.33. The number of carbonyl (C=O) groups is 1. The van der Waals surface area contributed by atoms with Gasteiger partial charge in [0.25, 0.3) is 11.6 Å². The Hall–Kier alpha value is -2.22. The van der Waals surface area contributed by atoms with Gasteiger partial charge in [0.05, 0.1) is 7.11 Å². The molecule has 5 nitrogen and oxygen atoms in total. The van der Waals surface area contributed by atoms with Crippen molar-refractivity contribution in [3.63, 3.8) is 0 Å². The summed E-state index contributed by atoms with van der Waals surface area (Å²) in [5.74, 6) is -0.519. The van der Waals surface area contributed by atoms with E-state index in [2.05, 4.69) is 5.43 Å². The molecule has 1 aliphatic heterocycles. The highest BCUT2D eigenvalue weighted by atomic mass is 19.4. The molecular formula is C16H19F3N2O3. The molecule has 1 aromatic rings. The van der Waals surface area contributed by atoms with Crippen LogP contribution in [-0.2, 0) is 0 Å². The summed E-state index contributed by atoms with van der Waals surface area (Å²) >= 11 is 0. The molecule has 132 valence electrons. The van der Waals surface area contributed by atoms with Gasteiger partial charge in [-0.2, -0.15) is 13.2 Å². The smallest absolute Gasteiger partial charge is 0.442 e. The average molecular weight is 344 g/mol. The number of aliphatic hydroxyl groups is 1. The highest BCUT2D eigenvalue weighted by Crippen LogP contribution is 2.39. The van der Waals surface area contributed by atoms with Gasteiger partial charge in [-0.05, 0) is 43.2 Å². The van der Waals surface area contributed by atoms with E-state index in [1.165, 1.54) is 31.4 Å². The predicted molar refractivity (Wildman–Crippen MR) is 80.9 cm³/mol. The van der Waals surface area contributed by atoms with Crippen molar-refractivity contribution >= 4 is 5.91 Å². The first kappa shape index (κ1) is 18.1. The van der Waals surface area contributed by atoms with Crippen LogP contribution in [-0.4, -0.2) is 35.0 Å². The van der Waals surface area contributed by atoms with Crippen LogP contribution < -0.4 is 10.2 Å². The molecule has 1 atom stereocenters. The van der Waals surface area contributed by atoms with Gasteiger partial charge in [-0.25, -0.2) is 5.01 Å². The fourth-order valence-corrected chi connectivity index (χ4v) is 2.34. The topological polar surface area (TPSA) is 61.8 Å². The zero-order chi connectivity index (χ0) is 18.0. The van der Waals surface area contributed by atoms with Crippen LogP contribution in [0.5, 0.6) is 5.75 Å². The summed E-state index contributed by atoms with van der Waals surface area (Å²) in [4.78, 5) is 12.5. The van der Waals surface area contributed by atoms with Crippen molar-refractivity contribution in [1.29, 1.82) is 0 Å². The number of amides is 1. The van der Waals surface area contributed by atoms with Crippen molar-refractivity contribution in [2.24, 2.45) is 0 Å². The molecule has 0 spiro atoms. The standard InChI is InChI=1S/C16H19F3N2O3/c1-3-4-5-12-10-15(23,16(17,18)19)21(20-12)14(22)11-6-8-13(24-2)9-7-11/h6-10,20,23H,3-5H2,1-2H3/t15-/m0/s1. The van der Waals surface area contributed by atoms with Crippen molar-refractivity contribution in [3.8, 4) is 5.75 Å². The van der Waals surface area contributed by atoms with Gasteiger partial charge in [0.1, 0.15) is 5.75 Å². The van der Waals surface area contributed by atoms with E-state index in [1.54, 1.807) is 0 Å². The van der Waals surface area contributed by atoms with Gasteiger partial charge >= 0.3 is 6.18 Å². The summed E-state index contributed by atoms with van der Waals surface area (Å²) in [5, 5.41) is 10.3. The largest absolute Gasteiger partial charge is 0.497 e. The minimum absolute atomic E-state index is 0.00360. The number of ether oxygens (including phenoxy) is 1. The minimum Gasteiger partial charge on any atom is -0.497 e. The van der Waals surface area contributed by atoms with E-state index in [0.29, 0.717) is 24.7 Å². The Labute approximate surface area is 137 Å². The van der Waals surface area contributed by atoms with Crippen LogP contribution in [0.15, 0.2) is 36.0 Å². The monoisotopic (exact) mass is 344 g/mol. The molecule has 1 aliphatic rings. The number of nitrogens with one attached hydrogen (secondary N) is 1. The first-order valence-electron chi connectivity index (χ1n) is 7.49. The third-order valence-corrected chi connectivity index (χ3v) is 3.73. The molecular weight excluding hydrogens is 325 g/mol. The van der Waals surface area contributed by atoms with Gasteiger partial charge in [-0.3, -0.25) is 10.2 Å². The van der Waals surface area contributed by atoms with Crippen LogP contribution in [0.2, 0.25) is 0 Å². The molecule has 0 saturated heterocycles. The Morgan fingerprint density at radius 3 is 2.46 bits per heavy atom. The maximum Gasteiger partial charge on any atom is 0.442 e. The number of rotatable bonds is 5. The van der Waals surface area contributed by atoms with Gasteiger partial charge in [-0.1, -0.05) is 13.3 Å². The van der Waals surface area contributed by atoms with Crippen molar-refractivity contribution in [1.82, 2.24) is 10.4 Å². The second-order valence-electron chi connectivity index (χ2n) is 5.48. The second-order valence-corrected chi connectivity index (χ2v) is 5.48. The molecule has 24 heavy (non-hydrogen) atoms. The number of unbranched alkanes of at least 4 members (excludes halogenated alkanes) is 1. The lowest BCUT2D eigenvalue weighted by molar-refractivity contribution is -0.283. The van der Waals surface area contributed by atoms with E-state index in [0.717, 1.165) is 6.42 Å². The lowest BCUT2D eigenvalue weighted by atomic mass is 10.1. The summed E-state index contributed by atoms with van der Waals surface area (Å²) in [6.07, 6.45) is -2.66. The number of methoxy groups -OCH3 is 1. The normalized spacial score (nSPS) is 20.6. The molecule has 0 aromatic heterocycles. The number of allylic oxidation sites excluding steroid dienone is 1. The van der Waals surface area contributed by atoms with E-state index >= 15 is 0 Å². The summed E-state index contributed by atoms with van der Waals surface area (Å²) in [7, 11) is 1.44. The van der Waals surface area contributed by atoms with Crippen LogP contribution in [0, 0.1) is 0 Å². The van der Waals surface area contributed by atoms with Gasteiger partial charge < -0.3 is 9.84 Å². The van der Waals surface area contributed by atoms with Crippen molar-refractivity contribution < 1.29 is 27.8 Å². The van der Waals surface area contributed by atoms with E-state index in [4.69, 9.17) is 4.74 Å². The number of alkyl halides is 3. The fraction of sp³-hybridized carbons (Fsp3) is 0.438. The fourth-order valence-electron chi connectivity index (χ4n) is 2.34. The number of benzene rings is 1. The predicted octanol–water partition coefficient (Wildman–Crippen LogP) is 2.98. The van der Waals surface area contributed by atoms with Gasteiger partial charge in [0.2, 0.25) is 0 Å². The molecule has 0 saturated carbocycles. The maximum absolute atomic E-state index is 13.3. The van der Waals surface area contributed by atoms with Crippen LogP contribution in [0.3, 0.4) is 0 Å². The Bertz CT molecular complexity index is 628. The third-order valence-electron chi connectivity index (χ3n) is 3.73. The molecule has 1 heterocycles. The first-order chi connectivity index (χ1) is 11.2. The van der Waals surface area contributed by atoms with E-state index < -0.39 is 17.8 Å². The maximum atomic E-state index is 13.3. The Morgan fingerprint density at radius 2 is 1.96 bits per heavy atom. The van der Waals surface area contributed by atoms with Crippen LogP contribution in [0.4, 0.5) is 13.2 Å². The van der Waals surface area contributed by atoms with Crippen LogP contribution in [0.1, 0.15) is 36.5 Å². The quantitative estimate of drug-likeness (QED) is 0.862. The van der Waals surface area contributed by atoms with Gasteiger partial charge in [-0.15, -0.1) is 0 Å². The zero-order valence-corrected chi connectivity index (χ0v) is 13.4. The van der Waals surface area contributed by atoms with Gasteiger partial charge in [0, 0.05) is 11.3 Å². The highest BCUT2D eigenvalue weighted by Gasteiger charge is 2.61. The zero-order valence-electron chi connectivity index (χ0n) is 13.4. The highest BCUT2D eigenvalue weighted by molar-refractivity contribution is 5.95. The first-order valence-corrected chi connectivity index (χ1v) is 7.49. The molecule has 0 radical (unpaired) electrons. The molecule has 1 aromatic carbocycles. The van der Waals surface area contributed by atoms with Crippen molar-refractivity contribution in [3.05, 3.63) is 41.6 Å². The van der Waals surface area contributed by atoms with E-state index in [9.17, 15) is 23.1 Å². The number of hydrazine groups is 1. The lowest BCUT2D eigenvalue weighted by Gasteiger charge is -2.33. The number of halogens is 3. The summed E-state index contributed by atoms with van der Waals surface area (Å²) in [6.45, 7) is 1.89. The molecule has 0 fully saturated rings. The Kier molecular flexibility index (Phi) is 5.08. The molecule has 0 aliphatic carbocycles. The number of hydrogen-bond donors (Lipinski definition) is 2. The second kappa shape index (κ2) is 6.72. The molecule has 2 rings (SSSR count). The molecule has 0 bridgehead atoms. The SMILES string of the molecule is CCCCC1=C[C@](O)(C(F)(F)F)N(C(=O)c2ccc(OC)cc2)N1. The number of nitrogens with zero attached hydrogens (tertiary/aromatic N) is 1. The van der Waals surface area contributed by atoms with Crippen molar-refractivity contribution in [2.75, 3.05) is 7.11 Å². The number of hydrogen-bond acceptors (Lipinski definition) is 4. The summed E-state index contributed by atoms with van der Waals surface area (Å²) < 4.78 is 45.0. The minimum atomic E-state index is -5.03. The van der Waals surface area contributed by atoms with E-state index in [-0.39, 0.29) is 16.3 Å². The Balaban J connectivity index is 2.31.